The minimum absolute atomic E-state index is 0.0788. The molecule has 2 heterocycles. The second-order valence-corrected chi connectivity index (χ2v) is 8.55. The highest BCUT2D eigenvalue weighted by molar-refractivity contribution is 7.13. The molecule has 2 N–H and O–H groups in total. The van der Waals surface area contributed by atoms with Gasteiger partial charge in [0.1, 0.15) is 9.88 Å². The molecule has 0 radical (unpaired) electrons. The molecule has 0 bridgehead atoms. The van der Waals surface area contributed by atoms with Crippen LogP contribution in [0, 0.1) is 6.92 Å². The Labute approximate surface area is 174 Å². The Hall–Kier alpha value is -2.00. The Kier molecular flexibility index (Phi) is 8.37. The number of thiazole rings is 2. The van der Waals surface area contributed by atoms with Gasteiger partial charge in [0.05, 0.1) is 29.0 Å². The summed E-state index contributed by atoms with van der Waals surface area (Å²) in [5.74, 6) is 0.836. The maximum absolute atomic E-state index is 12.0. The predicted molar refractivity (Wildman–Crippen MR) is 116 cm³/mol. The quantitative estimate of drug-likeness (QED) is 0.383. The van der Waals surface area contributed by atoms with Gasteiger partial charge in [0.15, 0.2) is 5.96 Å². The lowest BCUT2D eigenvalue weighted by Crippen LogP contribution is -2.39. The maximum atomic E-state index is 12.0. The van der Waals surface area contributed by atoms with Gasteiger partial charge < -0.3 is 15.4 Å². The SMILES string of the molecule is CCOC(=O)c1sc(C(C)NC(=NC)NCCc2csc(C(C)C)n2)nc1C. The third kappa shape index (κ3) is 6.00. The van der Waals surface area contributed by atoms with Crippen molar-refractivity contribution in [2.75, 3.05) is 20.2 Å². The van der Waals surface area contributed by atoms with E-state index in [4.69, 9.17) is 4.74 Å². The summed E-state index contributed by atoms with van der Waals surface area (Å²) >= 11 is 3.06. The van der Waals surface area contributed by atoms with E-state index in [2.05, 4.69) is 44.8 Å². The molecule has 2 aromatic heterocycles. The van der Waals surface area contributed by atoms with Crippen molar-refractivity contribution >= 4 is 34.6 Å². The number of carbonyl (C=O) groups is 1. The number of ether oxygens (including phenoxy) is 1. The zero-order valence-corrected chi connectivity index (χ0v) is 19.0. The summed E-state index contributed by atoms with van der Waals surface area (Å²) < 4.78 is 5.09. The zero-order chi connectivity index (χ0) is 20.7. The zero-order valence-electron chi connectivity index (χ0n) is 17.3. The van der Waals surface area contributed by atoms with Gasteiger partial charge in [0.2, 0.25) is 0 Å². The van der Waals surface area contributed by atoms with Crippen molar-refractivity contribution in [2.45, 2.75) is 53.0 Å². The highest BCUT2D eigenvalue weighted by atomic mass is 32.1. The highest BCUT2D eigenvalue weighted by Crippen LogP contribution is 2.24. The molecule has 0 amide bonds. The van der Waals surface area contributed by atoms with Crippen LogP contribution in [0.15, 0.2) is 10.4 Å². The molecular weight excluding hydrogens is 394 g/mol. The van der Waals surface area contributed by atoms with Crippen LogP contribution in [0.5, 0.6) is 0 Å². The van der Waals surface area contributed by atoms with Crippen LogP contribution < -0.4 is 10.6 Å². The standard InChI is InChI=1S/C19H29N5O2S2/c1-7-26-18(25)15-12(4)22-17(28-15)13(5)23-19(20-6)21-9-8-14-10-27-16(24-14)11(2)3/h10-11,13H,7-9H2,1-6H3,(H2,20,21,23). The average Bonchev–Trinajstić information content (AvgIpc) is 3.28. The molecule has 0 spiro atoms. The molecular formula is C19H29N5O2S2. The first-order chi connectivity index (χ1) is 13.3. The van der Waals surface area contributed by atoms with Crippen molar-refractivity contribution < 1.29 is 9.53 Å². The number of nitrogens with zero attached hydrogens (tertiary/aromatic N) is 3. The Bertz CT molecular complexity index is 813. The molecule has 28 heavy (non-hydrogen) atoms. The van der Waals surface area contributed by atoms with Crippen LogP contribution in [-0.4, -0.2) is 42.1 Å². The molecule has 154 valence electrons. The van der Waals surface area contributed by atoms with Crippen LogP contribution in [0.4, 0.5) is 0 Å². The summed E-state index contributed by atoms with van der Waals surface area (Å²) in [5, 5.41) is 10.7. The number of aromatic nitrogens is 2. The van der Waals surface area contributed by atoms with Crippen molar-refractivity contribution in [3.8, 4) is 0 Å². The van der Waals surface area contributed by atoms with Gasteiger partial charge in [-0.05, 0) is 20.8 Å². The minimum Gasteiger partial charge on any atom is -0.462 e. The molecule has 0 saturated carbocycles. The first-order valence-corrected chi connectivity index (χ1v) is 11.1. The number of esters is 1. The van der Waals surface area contributed by atoms with Crippen LogP contribution in [0.2, 0.25) is 0 Å². The first-order valence-electron chi connectivity index (χ1n) is 9.41. The molecule has 2 rings (SSSR count). The van der Waals surface area contributed by atoms with E-state index in [-0.39, 0.29) is 12.0 Å². The van der Waals surface area contributed by atoms with Crippen molar-refractivity contribution in [3.63, 3.8) is 0 Å². The van der Waals surface area contributed by atoms with E-state index >= 15 is 0 Å². The van der Waals surface area contributed by atoms with Gasteiger partial charge in [0.25, 0.3) is 0 Å². The molecule has 0 aliphatic heterocycles. The van der Waals surface area contributed by atoms with E-state index in [0.29, 0.717) is 29.1 Å². The Morgan fingerprint density at radius 3 is 2.64 bits per heavy atom. The third-order valence-corrected chi connectivity index (χ3v) is 6.47. The second-order valence-electron chi connectivity index (χ2n) is 6.63. The summed E-state index contributed by atoms with van der Waals surface area (Å²) in [7, 11) is 1.74. The van der Waals surface area contributed by atoms with E-state index in [0.717, 1.165) is 23.7 Å². The molecule has 0 saturated heterocycles. The second kappa shape index (κ2) is 10.5. The number of rotatable bonds is 8. The molecule has 0 aliphatic carbocycles. The van der Waals surface area contributed by atoms with E-state index in [1.165, 1.54) is 16.3 Å². The fourth-order valence-corrected chi connectivity index (χ4v) is 4.29. The molecule has 1 atom stereocenters. The lowest BCUT2D eigenvalue weighted by atomic mass is 10.2. The number of guanidine groups is 1. The van der Waals surface area contributed by atoms with Gasteiger partial charge >= 0.3 is 5.97 Å². The minimum atomic E-state index is -0.317. The van der Waals surface area contributed by atoms with E-state index in [9.17, 15) is 4.79 Å². The molecule has 1 unspecified atom stereocenters. The van der Waals surface area contributed by atoms with Crippen molar-refractivity contribution in [1.29, 1.82) is 0 Å². The summed E-state index contributed by atoms with van der Waals surface area (Å²) in [6.45, 7) is 11.0. The smallest absolute Gasteiger partial charge is 0.350 e. The number of hydrogen-bond donors (Lipinski definition) is 2. The molecule has 7 nitrogen and oxygen atoms in total. The predicted octanol–water partition coefficient (Wildman–Crippen LogP) is 3.68. The van der Waals surface area contributed by atoms with Crippen molar-refractivity contribution in [1.82, 2.24) is 20.6 Å². The topological polar surface area (TPSA) is 88.5 Å². The van der Waals surface area contributed by atoms with Gasteiger partial charge in [-0.25, -0.2) is 14.8 Å². The Morgan fingerprint density at radius 1 is 1.29 bits per heavy atom. The summed E-state index contributed by atoms with van der Waals surface area (Å²) in [6, 6.07) is -0.0788. The van der Waals surface area contributed by atoms with Gasteiger partial charge in [-0.2, -0.15) is 0 Å². The highest BCUT2D eigenvalue weighted by Gasteiger charge is 2.20. The van der Waals surface area contributed by atoms with Crippen LogP contribution in [0.25, 0.3) is 0 Å². The fraction of sp³-hybridized carbons (Fsp3) is 0.579. The van der Waals surface area contributed by atoms with Crippen molar-refractivity contribution in [2.24, 2.45) is 4.99 Å². The van der Waals surface area contributed by atoms with Gasteiger partial charge in [-0.15, -0.1) is 22.7 Å². The molecule has 9 heteroatoms. The summed E-state index contributed by atoms with van der Waals surface area (Å²) in [6.07, 6.45) is 0.835. The number of aryl methyl sites for hydroxylation is 1. The lowest BCUT2D eigenvalue weighted by molar-refractivity contribution is 0.0531. The van der Waals surface area contributed by atoms with Crippen LogP contribution in [0.3, 0.4) is 0 Å². The molecule has 0 aromatic carbocycles. The number of carbonyl (C=O) groups excluding carboxylic acids is 1. The molecule has 0 fully saturated rings. The van der Waals surface area contributed by atoms with Gasteiger partial charge in [-0.1, -0.05) is 13.8 Å². The summed E-state index contributed by atoms with van der Waals surface area (Å²) in [4.78, 5) is 26.0. The monoisotopic (exact) mass is 423 g/mol. The average molecular weight is 424 g/mol. The van der Waals surface area contributed by atoms with Crippen molar-refractivity contribution in [3.05, 3.63) is 31.7 Å². The normalized spacial score (nSPS) is 12.9. The van der Waals surface area contributed by atoms with Crippen LogP contribution in [0.1, 0.15) is 70.7 Å². The third-order valence-electron chi connectivity index (χ3n) is 3.96. The number of hydrogen-bond acceptors (Lipinski definition) is 7. The van der Waals surface area contributed by atoms with Crippen LogP contribution in [-0.2, 0) is 11.2 Å². The summed E-state index contributed by atoms with van der Waals surface area (Å²) in [5.41, 5.74) is 1.79. The molecule has 2 aromatic rings. The Morgan fingerprint density at radius 2 is 2.04 bits per heavy atom. The Balaban J connectivity index is 1.89. The van der Waals surface area contributed by atoms with E-state index < -0.39 is 0 Å². The lowest BCUT2D eigenvalue weighted by Gasteiger charge is -2.16. The van der Waals surface area contributed by atoms with E-state index in [1.54, 1.807) is 25.3 Å². The first kappa shape index (κ1) is 22.3. The number of nitrogens with one attached hydrogen (secondary N) is 2. The molecule has 0 aliphatic rings. The number of aliphatic imine (C=N–C) groups is 1. The van der Waals surface area contributed by atoms with E-state index in [1.807, 2.05) is 13.8 Å². The maximum Gasteiger partial charge on any atom is 0.350 e. The largest absolute Gasteiger partial charge is 0.462 e. The van der Waals surface area contributed by atoms with Gasteiger partial charge in [-0.3, -0.25) is 4.99 Å². The van der Waals surface area contributed by atoms with Gasteiger partial charge in [0, 0.05) is 31.3 Å². The van der Waals surface area contributed by atoms with Crippen LogP contribution >= 0.6 is 22.7 Å². The fourth-order valence-electron chi connectivity index (χ4n) is 2.46.